The van der Waals surface area contributed by atoms with Crippen molar-refractivity contribution >= 4 is 22.9 Å². The number of amides is 1. The zero-order valence-electron chi connectivity index (χ0n) is 17.3. The molecule has 1 aromatic carbocycles. The van der Waals surface area contributed by atoms with Crippen LogP contribution in [0.5, 0.6) is 0 Å². The Morgan fingerprint density at radius 2 is 1.75 bits per heavy atom. The molecule has 2 aliphatic heterocycles. The summed E-state index contributed by atoms with van der Waals surface area (Å²) in [5.74, 6) is 0.186. The molecule has 2 heterocycles. The van der Waals surface area contributed by atoms with E-state index < -0.39 is 0 Å². The van der Waals surface area contributed by atoms with Gasteiger partial charge in [0.25, 0.3) is 5.91 Å². The van der Waals surface area contributed by atoms with Crippen LogP contribution in [-0.2, 0) is 4.79 Å². The van der Waals surface area contributed by atoms with E-state index in [1.165, 1.54) is 57.1 Å². The van der Waals surface area contributed by atoms with Crippen LogP contribution in [0.3, 0.4) is 0 Å². The Labute approximate surface area is 169 Å². The lowest BCUT2D eigenvalue weighted by atomic mass is 9.84. The van der Waals surface area contributed by atoms with Crippen molar-refractivity contribution in [2.45, 2.75) is 89.8 Å². The molecule has 4 aliphatic rings. The zero-order chi connectivity index (χ0) is 19.3. The summed E-state index contributed by atoms with van der Waals surface area (Å²) in [5.41, 5.74) is 5.69. The zero-order valence-corrected chi connectivity index (χ0v) is 17.3. The average Bonchev–Trinajstić information content (AvgIpc) is 2.90. The molecule has 0 bridgehead atoms. The summed E-state index contributed by atoms with van der Waals surface area (Å²) in [6, 6.07) is 8.40. The molecule has 28 heavy (non-hydrogen) atoms. The maximum absolute atomic E-state index is 13.4. The van der Waals surface area contributed by atoms with E-state index in [1.54, 1.807) is 0 Å². The molecule has 1 aromatic rings. The van der Waals surface area contributed by atoms with Gasteiger partial charge >= 0.3 is 0 Å². The Balaban J connectivity index is 1.59. The molecule has 2 saturated carbocycles. The van der Waals surface area contributed by atoms with E-state index in [4.69, 9.17) is 0 Å². The van der Waals surface area contributed by atoms with Crippen molar-refractivity contribution in [1.82, 2.24) is 5.32 Å². The minimum absolute atomic E-state index is 0.174. The van der Waals surface area contributed by atoms with Crippen LogP contribution in [0.15, 0.2) is 23.9 Å². The monoisotopic (exact) mass is 379 g/mol. The fourth-order valence-corrected chi connectivity index (χ4v) is 5.26. The molecule has 1 N–H and O–H groups in total. The van der Waals surface area contributed by atoms with Crippen molar-refractivity contribution in [3.63, 3.8) is 0 Å². The molecule has 0 aromatic heterocycles. The number of carbonyl (C=O) groups excluding carboxylic acids is 1. The van der Waals surface area contributed by atoms with Crippen molar-refractivity contribution in [3.8, 4) is 0 Å². The lowest BCUT2D eigenvalue weighted by molar-refractivity contribution is -0.113. The third-order valence-electron chi connectivity index (χ3n) is 7.19. The molecule has 2 aliphatic carbocycles. The first-order valence-corrected chi connectivity index (χ1v) is 11.4. The standard InChI is InChI=1S/C24H33N3O/c1-16(2)26-22-13-12-19(27(17-7-5-8-17)18-9-6-10-18)15-20(22)23(24(26)28)21-11-3-4-14-25-21/h12-13,15-18,25H,3-11,14H2,1-2H3/b23-21-. The van der Waals surface area contributed by atoms with Gasteiger partial charge in [0.05, 0.1) is 11.3 Å². The van der Waals surface area contributed by atoms with Gasteiger partial charge in [-0.3, -0.25) is 4.79 Å². The van der Waals surface area contributed by atoms with Crippen molar-refractivity contribution in [2.24, 2.45) is 0 Å². The number of fused-ring (bicyclic) bond motifs is 1. The van der Waals surface area contributed by atoms with Gasteiger partial charge in [0, 0.05) is 41.6 Å². The average molecular weight is 380 g/mol. The molecule has 3 fully saturated rings. The van der Waals surface area contributed by atoms with E-state index in [0.717, 1.165) is 35.5 Å². The van der Waals surface area contributed by atoms with Crippen molar-refractivity contribution < 1.29 is 4.79 Å². The van der Waals surface area contributed by atoms with E-state index in [9.17, 15) is 4.79 Å². The summed E-state index contributed by atoms with van der Waals surface area (Å²) in [6.07, 6.45) is 11.4. The van der Waals surface area contributed by atoms with E-state index in [1.807, 2.05) is 4.90 Å². The van der Waals surface area contributed by atoms with Gasteiger partial charge in [-0.1, -0.05) is 0 Å². The maximum Gasteiger partial charge on any atom is 0.260 e. The molecule has 0 radical (unpaired) electrons. The summed E-state index contributed by atoms with van der Waals surface area (Å²) in [7, 11) is 0. The second kappa shape index (κ2) is 7.13. The second-order valence-corrected chi connectivity index (χ2v) is 9.28. The molecule has 0 atom stereocenters. The Morgan fingerprint density at radius 1 is 1.04 bits per heavy atom. The Bertz CT molecular complexity index is 782. The first kappa shape index (κ1) is 18.1. The lowest BCUT2D eigenvalue weighted by Gasteiger charge is -2.48. The quantitative estimate of drug-likeness (QED) is 0.761. The third kappa shape index (κ3) is 2.84. The van der Waals surface area contributed by atoms with Crippen LogP contribution in [0.2, 0.25) is 0 Å². The minimum atomic E-state index is 0.174. The highest BCUT2D eigenvalue weighted by atomic mass is 16.2. The molecular formula is C24H33N3O. The lowest BCUT2D eigenvalue weighted by Crippen LogP contribution is -2.49. The van der Waals surface area contributed by atoms with Crippen LogP contribution in [-0.4, -0.2) is 30.6 Å². The van der Waals surface area contributed by atoms with Crippen LogP contribution in [0.25, 0.3) is 5.57 Å². The van der Waals surface area contributed by atoms with Crippen LogP contribution in [0.1, 0.15) is 77.2 Å². The summed E-state index contributed by atoms with van der Waals surface area (Å²) in [6.45, 7) is 5.22. The number of nitrogens with one attached hydrogen (secondary N) is 1. The molecule has 1 amide bonds. The van der Waals surface area contributed by atoms with Crippen molar-refractivity contribution in [3.05, 3.63) is 29.5 Å². The number of rotatable bonds is 4. The first-order valence-electron chi connectivity index (χ1n) is 11.4. The number of benzene rings is 1. The first-order chi connectivity index (χ1) is 13.6. The van der Waals surface area contributed by atoms with E-state index in [0.29, 0.717) is 12.1 Å². The normalized spacial score (nSPS) is 25.4. The summed E-state index contributed by atoms with van der Waals surface area (Å²) >= 11 is 0. The minimum Gasteiger partial charge on any atom is -0.388 e. The molecular weight excluding hydrogens is 346 g/mol. The summed E-state index contributed by atoms with van der Waals surface area (Å²) < 4.78 is 0. The highest BCUT2D eigenvalue weighted by molar-refractivity contribution is 6.33. The Morgan fingerprint density at radius 3 is 2.29 bits per heavy atom. The predicted octanol–water partition coefficient (Wildman–Crippen LogP) is 4.84. The SMILES string of the molecule is CC(C)N1C(=O)/C(=C2/CCCCN2)c2cc(N(C3CCC3)C3CCC3)ccc21. The van der Waals surface area contributed by atoms with Crippen LogP contribution in [0, 0.1) is 0 Å². The molecule has 4 nitrogen and oxygen atoms in total. The number of hydrogen-bond donors (Lipinski definition) is 1. The highest BCUT2D eigenvalue weighted by Gasteiger charge is 2.39. The summed E-state index contributed by atoms with van der Waals surface area (Å²) in [4.78, 5) is 18.1. The largest absolute Gasteiger partial charge is 0.388 e. The van der Waals surface area contributed by atoms with Crippen LogP contribution in [0.4, 0.5) is 11.4 Å². The van der Waals surface area contributed by atoms with Crippen LogP contribution < -0.4 is 15.1 Å². The summed E-state index contributed by atoms with van der Waals surface area (Å²) in [5, 5.41) is 3.55. The number of hydrogen-bond acceptors (Lipinski definition) is 3. The van der Waals surface area contributed by atoms with Gasteiger partial charge in [-0.15, -0.1) is 0 Å². The van der Waals surface area contributed by atoms with Gasteiger partial charge in [0.15, 0.2) is 0 Å². The topological polar surface area (TPSA) is 35.6 Å². The molecule has 5 rings (SSSR count). The molecule has 4 heteroatoms. The number of nitrogens with zero attached hydrogens (tertiary/aromatic N) is 2. The van der Waals surface area contributed by atoms with Gasteiger partial charge < -0.3 is 15.1 Å². The van der Waals surface area contributed by atoms with E-state index >= 15 is 0 Å². The van der Waals surface area contributed by atoms with Gasteiger partial charge in [0.2, 0.25) is 0 Å². The van der Waals surface area contributed by atoms with Gasteiger partial charge in [-0.2, -0.15) is 0 Å². The van der Waals surface area contributed by atoms with E-state index in [2.05, 4.69) is 42.3 Å². The third-order valence-corrected chi connectivity index (χ3v) is 7.19. The fraction of sp³-hybridized carbons (Fsp3) is 0.625. The van der Waals surface area contributed by atoms with Crippen molar-refractivity contribution in [2.75, 3.05) is 16.3 Å². The molecule has 0 unspecified atom stereocenters. The number of allylic oxidation sites excluding steroid dienone is 1. The predicted molar refractivity (Wildman–Crippen MR) is 116 cm³/mol. The number of carbonyl (C=O) groups is 1. The van der Waals surface area contributed by atoms with Gasteiger partial charge in [-0.05, 0) is 89.8 Å². The molecule has 1 saturated heterocycles. The Kier molecular flexibility index (Phi) is 4.60. The maximum atomic E-state index is 13.4. The van der Waals surface area contributed by atoms with Gasteiger partial charge in [-0.25, -0.2) is 0 Å². The molecule has 150 valence electrons. The van der Waals surface area contributed by atoms with Crippen LogP contribution >= 0.6 is 0 Å². The van der Waals surface area contributed by atoms with E-state index in [-0.39, 0.29) is 11.9 Å². The number of piperidine rings is 1. The van der Waals surface area contributed by atoms with Crippen molar-refractivity contribution in [1.29, 1.82) is 0 Å². The smallest absolute Gasteiger partial charge is 0.260 e. The fourth-order valence-electron chi connectivity index (χ4n) is 5.26. The van der Waals surface area contributed by atoms with Gasteiger partial charge in [0.1, 0.15) is 0 Å². The second-order valence-electron chi connectivity index (χ2n) is 9.28. The Hall–Kier alpha value is -1.97. The highest BCUT2D eigenvalue weighted by Crippen LogP contribution is 2.45. The number of anilines is 2. The molecule has 0 spiro atoms.